The van der Waals surface area contributed by atoms with E-state index in [1.54, 1.807) is 0 Å². The van der Waals surface area contributed by atoms with Crippen molar-refractivity contribution < 1.29 is 14.6 Å². The molecule has 4 nitrogen and oxygen atoms in total. The van der Waals surface area contributed by atoms with Crippen LogP contribution in [-0.4, -0.2) is 28.6 Å². The van der Waals surface area contributed by atoms with E-state index in [9.17, 15) is 9.90 Å². The van der Waals surface area contributed by atoms with Gasteiger partial charge in [0.2, 0.25) is 0 Å². The van der Waals surface area contributed by atoms with Gasteiger partial charge in [-0.25, -0.2) is 0 Å². The third-order valence-electron chi connectivity index (χ3n) is 8.10. The van der Waals surface area contributed by atoms with Gasteiger partial charge in [0.25, 0.3) is 0 Å². The van der Waals surface area contributed by atoms with Crippen LogP contribution in [0.3, 0.4) is 0 Å². The number of pyridine rings is 1. The van der Waals surface area contributed by atoms with E-state index in [0.29, 0.717) is 24.7 Å². The van der Waals surface area contributed by atoms with Crippen molar-refractivity contribution in [2.24, 2.45) is 17.3 Å². The van der Waals surface area contributed by atoms with Crippen LogP contribution >= 0.6 is 0 Å². The molecule has 0 spiro atoms. The van der Waals surface area contributed by atoms with Gasteiger partial charge in [-0.3, -0.25) is 9.78 Å². The number of benzene rings is 1. The number of nitrogens with zero attached hydrogens (tertiary/aromatic N) is 1. The summed E-state index contributed by atoms with van der Waals surface area (Å²) in [6.07, 6.45) is 13.7. The topological polar surface area (TPSA) is 59.4 Å². The second-order valence-electron chi connectivity index (χ2n) is 9.82. The second kappa shape index (κ2) is 6.89. The van der Waals surface area contributed by atoms with Crippen LogP contribution in [0.5, 0.6) is 0 Å². The first-order chi connectivity index (χ1) is 15.1. The summed E-state index contributed by atoms with van der Waals surface area (Å²) in [4.78, 5) is 16.9. The molecule has 4 heteroatoms. The smallest absolute Gasteiger partial charge is 0.166 e. The minimum absolute atomic E-state index is 0.00497. The highest BCUT2D eigenvalue weighted by atomic mass is 16.5. The van der Waals surface area contributed by atoms with Crippen molar-refractivity contribution in [3.63, 3.8) is 0 Å². The Bertz CT molecular complexity index is 1180. The molecule has 1 aromatic heterocycles. The molecule has 1 aliphatic heterocycles. The zero-order chi connectivity index (χ0) is 21.2. The summed E-state index contributed by atoms with van der Waals surface area (Å²) in [6, 6.07) is 8.83. The van der Waals surface area contributed by atoms with Gasteiger partial charge in [0, 0.05) is 43.1 Å². The maximum absolute atomic E-state index is 12.6. The molecule has 2 heterocycles. The van der Waals surface area contributed by atoms with E-state index in [1.807, 2.05) is 12.4 Å². The number of hydrogen-bond donors (Lipinski definition) is 1. The van der Waals surface area contributed by atoms with Crippen molar-refractivity contribution >= 4 is 16.6 Å². The van der Waals surface area contributed by atoms with Crippen LogP contribution in [0, 0.1) is 17.3 Å². The molecular weight excluding hydrogens is 386 g/mol. The third-order valence-corrected chi connectivity index (χ3v) is 8.10. The van der Waals surface area contributed by atoms with Gasteiger partial charge in [-0.2, -0.15) is 0 Å². The molecule has 5 atom stereocenters. The summed E-state index contributed by atoms with van der Waals surface area (Å²) in [6.45, 7) is 2.40. The highest BCUT2D eigenvalue weighted by molar-refractivity contribution is 6.00. The number of aliphatic hydroxyl groups excluding tert-OH is 1. The van der Waals surface area contributed by atoms with Crippen molar-refractivity contribution in [2.75, 3.05) is 6.61 Å². The van der Waals surface area contributed by atoms with Crippen molar-refractivity contribution in [1.29, 1.82) is 0 Å². The lowest BCUT2D eigenvalue weighted by molar-refractivity contribution is -0.118. The molecule has 1 N–H and O–H groups in total. The largest absolute Gasteiger partial charge is 0.489 e. The first-order valence-corrected chi connectivity index (χ1v) is 11.3. The fourth-order valence-corrected chi connectivity index (χ4v) is 6.37. The Balaban J connectivity index is 1.35. The van der Waals surface area contributed by atoms with Crippen molar-refractivity contribution in [2.45, 2.75) is 44.6 Å². The Hall–Kier alpha value is -2.72. The number of hydrogen-bond acceptors (Lipinski definition) is 4. The van der Waals surface area contributed by atoms with Crippen molar-refractivity contribution in [3.05, 3.63) is 77.4 Å². The Morgan fingerprint density at radius 3 is 2.97 bits per heavy atom. The molecule has 2 aromatic rings. The lowest BCUT2D eigenvalue weighted by Gasteiger charge is -2.45. The number of rotatable bonds is 2. The highest BCUT2D eigenvalue weighted by Crippen LogP contribution is 2.59. The standard InChI is InChI=1S/C27H27NO3/c1-27-8-6-19-13-21-24(30)10-16(15-29)11-25(21)31-26(19)23(27)5-4-22(27)18-3-2-17-7-9-28-14-20(17)12-18/h2-3,6-9,12-14,16,22-23,26,29H,4-5,10-11,15H2,1H3/t16?,22-,23+,26-,27-/m1/s1. The molecule has 0 amide bonds. The van der Waals surface area contributed by atoms with Crippen LogP contribution < -0.4 is 0 Å². The van der Waals surface area contributed by atoms with E-state index in [0.717, 1.165) is 29.7 Å². The van der Waals surface area contributed by atoms with E-state index in [1.165, 1.54) is 16.3 Å². The van der Waals surface area contributed by atoms with Gasteiger partial charge >= 0.3 is 0 Å². The summed E-state index contributed by atoms with van der Waals surface area (Å²) < 4.78 is 6.55. The van der Waals surface area contributed by atoms with Crippen LogP contribution in [0.2, 0.25) is 0 Å². The number of fused-ring (bicyclic) bond motifs is 4. The zero-order valence-corrected chi connectivity index (χ0v) is 17.8. The zero-order valence-electron chi connectivity index (χ0n) is 17.8. The average molecular weight is 414 g/mol. The van der Waals surface area contributed by atoms with Gasteiger partial charge in [-0.1, -0.05) is 31.2 Å². The predicted molar refractivity (Wildman–Crippen MR) is 119 cm³/mol. The molecule has 3 aliphatic carbocycles. The minimum Gasteiger partial charge on any atom is -0.489 e. The maximum atomic E-state index is 12.6. The Kier molecular flexibility index (Phi) is 4.23. The fourth-order valence-electron chi connectivity index (χ4n) is 6.37. The number of carbonyl (C=O) groups is 1. The predicted octanol–water partition coefficient (Wildman–Crippen LogP) is 4.86. The number of aliphatic hydroxyl groups is 1. The molecule has 0 radical (unpaired) electrons. The molecule has 4 aliphatic rings. The molecule has 0 bridgehead atoms. The lowest BCUT2D eigenvalue weighted by atomic mass is 9.64. The van der Waals surface area contributed by atoms with Gasteiger partial charge in [-0.05, 0) is 64.8 Å². The number of ketones is 1. The van der Waals surface area contributed by atoms with Crippen molar-refractivity contribution in [3.8, 4) is 0 Å². The van der Waals surface area contributed by atoms with Crippen LogP contribution in [-0.2, 0) is 9.53 Å². The quantitative estimate of drug-likeness (QED) is 0.764. The Morgan fingerprint density at radius 1 is 1.19 bits per heavy atom. The monoisotopic (exact) mass is 413 g/mol. The molecule has 0 saturated heterocycles. The molecule has 1 aromatic carbocycles. The lowest BCUT2D eigenvalue weighted by Crippen LogP contribution is -2.41. The highest BCUT2D eigenvalue weighted by Gasteiger charge is 2.53. The van der Waals surface area contributed by atoms with Crippen LogP contribution in [0.4, 0.5) is 0 Å². The molecule has 31 heavy (non-hydrogen) atoms. The summed E-state index contributed by atoms with van der Waals surface area (Å²) >= 11 is 0. The molecule has 1 unspecified atom stereocenters. The van der Waals surface area contributed by atoms with E-state index in [4.69, 9.17) is 4.74 Å². The number of Topliss-reactive ketones (excluding diaryl/α,β-unsaturated/α-hetero) is 1. The normalized spacial score (nSPS) is 34.1. The van der Waals surface area contributed by atoms with Crippen molar-refractivity contribution in [1.82, 2.24) is 4.98 Å². The Morgan fingerprint density at radius 2 is 2.10 bits per heavy atom. The molecular formula is C27H27NO3. The fraction of sp³-hybridized carbons (Fsp3) is 0.407. The van der Waals surface area contributed by atoms with Gasteiger partial charge in [-0.15, -0.1) is 0 Å². The van der Waals surface area contributed by atoms with Crippen LogP contribution in [0.1, 0.15) is 44.1 Å². The van der Waals surface area contributed by atoms with Gasteiger partial charge < -0.3 is 9.84 Å². The van der Waals surface area contributed by atoms with Gasteiger partial charge in [0.1, 0.15) is 11.9 Å². The summed E-state index contributed by atoms with van der Waals surface area (Å²) in [7, 11) is 0. The SMILES string of the molecule is C[C@]12C=CC3=CC4=C(CC(CO)CC4=O)O[C@H]3[C@@H]1CC[C@@H]2c1ccc2ccncc2c1. The van der Waals surface area contributed by atoms with Gasteiger partial charge in [0.05, 0.1) is 5.57 Å². The van der Waals surface area contributed by atoms with Gasteiger partial charge in [0.15, 0.2) is 5.78 Å². The summed E-state index contributed by atoms with van der Waals surface area (Å²) in [5.74, 6) is 1.67. The Labute approximate surface area is 182 Å². The molecule has 6 rings (SSSR count). The van der Waals surface area contributed by atoms with E-state index in [-0.39, 0.29) is 29.8 Å². The van der Waals surface area contributed by atoms with Crippen LogP contribution in [0.25, 0.3) is 10.8 Å². The first kappa shape index (κ1) is 19.0. The van der Waals surface area contributed by atoms with E-state index >= 15 is 0 Å². The second-order valence-corrected chi connectivity index (χ2v) is 9.82. The summed E-state index contributed by atoms with van der Waals surface area (Å²) in [5, 5.41) is 12.0. The molecule has 1 saturated carbocycles. The number of ether oxygens (including phenoxy) is 1. The maximum Gasteiger partial charge on any atom is 0.166 e. The average Bonchev–Trinajstić information content (AvgIpc) is 3.15. The number of aromatic nitrogens is 1. The van der Waals surface area contributed by atoms with Crippen LogP contribution in [0.15, 0.2) is 71.8 Å². The molecule has 1 fully saturated rings. The third kappa shape index (κ3) is 2.85. The minimum atomic E-state index is -0.0192. The molecule has 158 valence electrons. The summed E-state index contributed by atoms with van der Waals surface area (Å²) in [5.41, 5.74) is 3.22. The number of carbonyl (C=O) groups excluding carboxylic acids is 1. The van der Waals surface area contributed by atoms with E-state index in [2.05, 4.69) is 54.4 Å². The van der Waals surface area contributed by atoms with E-state index < -0.39 is 0 Å². The first-order valence-electron chi connectivity index (χ1n) is 11.3. The number of allylic oxidation sites excluding steroid dienone is 4.